The maximum absolute atomic E-state index is 13.6. The van der Waals surface area contributed by atoms with Gasteiger partial charge < -0.3 is 15.1 Å². The Kier molecular flexibility index (Phi) is 6.24. The molecule has 1 aromatic heterocycles. The summed E-state index contributed by atoms with van der Waals surface area (Å²) in [6.45, 7) is 5.78. The highest BCUT2D eigenvalue weighted by molar-refractivity contribution is 5.90. The minimum atomic E-state index is -4.41. The van der Waals surface area contributed by atoms with Crippen molar-refractivity contribution in [2.75, 3.05) is 31.1 Å². The van der Waals surface area contributed by atoms with Crippen LogP contribution >= 0.6 is 0 Å². The fraction of sp³-hybridized carbons (Fsp3) is 0.731. The fourth-order valence-corrected chi connectivity index (χ4v) is 7.29. The fourth-order valence-electron chi connectivity index (χ4n) is 7.29. The molecule has 1 unspecified atom stereocenters. The molecule has 2 amide bonds. The summed E-state index contributed by atoms with van der Waals surface area (Å²) >= 11 is 0. The largest absolute Gasteiger partial charge is 0.417 e. The second-order valence-electron chi connectivity index (χ2n) is 11.6. The summed E-state index contributed by atoms with van der Waals surface area (Å²) < 4.78 is 38.4. The first kappa shape index (κ1) is 24.4. The summed E-state index contributed by atoms with van der Waals surface area (Å²) in [6, 6.07) is 1.85. The normalized spacial score (nSPS) is 31.1. The Hall–Kier alpha value is -2.32. The van der Waals surface area contributed by atoms with Crippen molar-refractivity contribution in [2.24, 2.45) is 29.1 Å². The van der Waals surface area contributed by atoms with Crippen molar-refractivity contribution >= 4 is 17.6 Å². The van der Waals surface area contributed by atoms with Crippen molar-refractivity contribution in [3.63, 3.8) is 0 Å². The summed E-state index contributed by atoms with van der Waals surface area (Å²) in [6.07, 6.45) is 3.10. The molecule has 5 aliphatic rings. The molecule has 0 aromatic carbocycles. The number of piperazine rings is 1. The summed E-state index contributed by atoms with van der Waals surface area (Å²) in [7, 11) is 0. The molecule has 1 aliphatic heterocycles. The number of carbonyl (C=O) groups excluding carboxylic acids is 2. The number of anilines is 1. The quantitative estimate of drug-likeness (QED) is 0.672. The van der Waals surface area contributed by atoms with Gasteiger partial charge in [0, 0.05) is 37.8 Å². The minimum absolute atomic E-state index is 0.0324. The number of nitrogens with zero attached hydrogens (tertiary/aromatic N) is 3. The van der Waals surface area contributed by atoms with Gasteiger partial charge in [0.15, 0.2) is 0 Å². The van der Waals surface area contributed by atoms with E-state index in [-0.39, 0.29) is 23.1 Å². The third kappa shape index (κ3) is 4.75. The van der Waals surface area contributed by atoms with E-state index in [1.807, 2.05) is 18.7 Å². The standard InChI is InChI=1S/C26H35F3N4O2/c1-16(2)22(31-24(35)25-12-17-9-18(13-25)11-19(10-17)14-25)23(34)33-7-5-32(6-8-33)21-4-3-20(15-30-21)26(27,28)29/h3-4,15-19,22H,5-14H2,1-2H3,(H,31,35). The average molecular weight is 493 g/mol. The number of amides is 2. The van der Waals surface area contributed by atoms with Crippen molar-refractivity contribution in [3.05, 3.63) is 23.9 Å². The Morgan fingerprint density at radius 3 is 2.03 bits per heavy atom. The van der Waals surface area contributed by atoms with Gasteiger partial charge in [-0.2, -0.15) is 13.2 Å². The number of rotatable bonds is 5. The number of halogens is 3. The lowest BCUT2D eigenvalue weighted by molar-refractivity contribution is -0.150. The van der Waals surface area contributed by atoms with Gasteiger partial charge in [0.05, 0.1) is 5.56 Å². The molecule has 6 nitrogen and oxygen atoms in total. The van der Waals surface area contributed by atoms with Crippen LogP contribution in [0.4, 0.5) is 19.0 Å². The van der Waals surface area contributed by atoms with Crippen LogP contribution in [-0.2, 0) is 15.8 Å². The van der Waals surface area contributed by atoms with Crippen molar-refractivity contribution in [3.8, 4) is 0 Å². The second kappa shape index (κ2) is 8.96. The van der Waals surface area contributed by atoms with Crippen LogP contribution in [0.5, 0.6) is 0 Å². The van der Waals surface area contributed by atoms with Crippen LogP contribution < -0.4 is 10.2 Å². The van der Waals surface area contributed by atoms with Gasteiger partial charge in [-0.25, -0.2) is 4.98 Å². The molecule has 192 valence electrons. The van der Waals surface area contributed by atoms with E-state index in [2.05, 4.69) is 10.3 Å². The predicted octanol–water partition coefficient (Wildman–Crippen LogP) is 4.11. The number of hydrogen-bond acceptors (Lipinski definition) is 4. The van der Waals surface area contributed by atoms with Gasteiger partial charge in [-0.05, 0) is 74.3 Å². The summed E-state index contributed by atoms with van der Waals surface area (Å²) in [5, 5.41) is 3.17. The summed E-state index contributed by atoms with van der Waals surface area (Å²) in [4.78, 5) is 34.6. The van der Waals surface area contributed by atoms with E-state index in [0.29, 0.717) is 49.8 Å². The lowest BCUT2D eigenvalue weighted by Crippen LogP contribution is -2.60. The molecule has 2 heterocycles. The number of alkyl halides is 3. The molecule has 0 radical (unpaired) electrons. The molecule has 4 bridgehead atoms. The molecule has 1 aromatic rings. The monoisotopic (exact) mass is 492 g/mol. The minimum Gasteiger partial charge on any atom is -0.353 e. The van der Waals surface area contributed by atoms with Crippen molar-refractivity contribution < 1.29 is 22.8 Å². The Morgan fingerprint density at radius 1 is 1.00 bits per heavy atom. The van der Waals surface area contributed by atoms with Gasteiger partial charge >= 0.3 is 6.18 Å². The molecule has 9 heteroatoms. The molecule has 4 saturated carbocycles. The van der Waals surface area contributed by atoms with E-state index in [4.69, 9.17) is 0 Å². The van der Waals surface area contributed by atoms with Crippen molar-refractivity contribution in [1.82, 2.24) is 15.2 Å². The first-order valence-corrected chi connectivity index (χ1v) is 12.9. The van der Waals surface area contributed by atoms with Crippen LogP contribution in [0, 0.1) is 29.1 Å². The molecular formula is C26H35F3N4O2. The third-order valence-corrected chi connectivity index (χ3v) is 8.73. The molecule has 1 saturated heterocycles. The van der Waals surface area contributed by atoms with E-state index in [0.717, 1.165) is 31.5 Å². The third-order valence-electron chi connectivity index (χ3n) is 8.73. The molecule has 5 fully saturated rings. The molecular weight excluding hydrogens is 457 g/mol. The van der Waals surface area contributed by atoms with E-state index in [9.17, 15) is 22.8 Å². The lowest BCUT2D eigenvalue weighted by Gasteiger charge is -2.56. The van der Waals surface area contributed by atoms with E-state index in [1.165, 1.54) is 25.3 Å². The number of aromatic nitrogens is 1. The van der Waals surface area contributed by atoms with Crippen LogP contribution in [0.3, 0.4) is 0 Å². The van der Waals surface area contributed by atoms with E-state index in [1.54, 1.807) is 4.90 Å². The Bertz CT molecular complexity index is 919. The van der Waals surface area contributed by atoms with Crippen molar-refractivity contribution in [1.29, 1.82) is 0 Å². The number of nitrogens with one attached hydrogen (secondary N) is 1. The number of carbonyl (C=O) groups is 2. The predicted molar refractivity (Wildman–Crippen MR) is 125 cm³/mol. The number of pyridine rings is 1. The maximum atomic E-state index is 13.6. The van der Waals surface area contributed by atoms with Gasteiger partial charge in [-0.3, -0.25) is 9.59 Å². The zero-order valence-electron chi connectivity index (χ0n) is 20.5. The molecule has 35 heavy (non-hydrogen) atoms. The maximum Gasteiger partial charge on any atom is 0.417 e. The Balaban J connectivity index is 1.20. The lowest BCUT2D eigenvalue weighted by atomic mass is 9.49. The summed E-state index contributed by atoms with van der Waals surface area (Å²) in [5.74, 6) is 2.41. The zero-order valence-corrected chi connectivity index (χ0v) is 20.5. The van der Waals surface area contributed by atoms with Gasteiger partial charge in [0.1, 0.15) is 11.9 Å². The zero-order chi connectivity index (χ0) is 25.0. The SMILES string of the molecule is CC(C)C(NC(=O)C12CC3CC(CC(C3)C1)C2)C(=O)N1CCN(c2ccc(C(F)(F)F)cn2)CC1. The molecule has 1 atom stereocenters. The van der Waals surface area contributed by atoms with Crippen LogP contribution in [0.25, 0.3) is 0 Å². The van der Waals surface area contributed by atoms with Crippen LogP contribution in [0.1, 0.15) is 57.9 Å². The second-order valence-corrected chi connectivity index (χ2v) is 11.6. The summed E-state index contributed by atoms with van der Waals surface area (Å²) in [5.41, 5.74) is -1.07. The van der Waals surface area contributed by atoms with E-state index >= 15 is 0 Å². The highest BCUT2D eigenvalue weighted by Crippen LogP contribution is 2.60. The highest BCUT2D eigenvalue weighted by atomic mass is 19.4. The van der Waals surface area contributed by atoms with Gasteiger partial charge in [-0.1, -0.05) is 13.8 Å². The molecule has 0 spiro atoms. The van der Waals surface area contributed by atoms with Gasteiger partial charge in [0.2, 0.25) is 11.8 Å². The first-order chi connectivity index (χ1) is 16.5. The van der Waals surface area contributed by atoms with Crippen LogP contribution in [0.15, 0.2) is 18.3 Å². The first-order valence-electron chi connectivity index (χ1n) is 12.9. The smallest absolute Gasteiger partial charge is 0.353 e. The number of hydrogen-bond donors (Lipinski definition) is 1. The highest BCUT2D eigenvalue weighted by Gasteiger charge is 2.55. The topological polar surface area (TPSA) is 65.5 Å². The van der Waals surface area contributed by atoms with Gasteiger partial charge in [-0.15, -0.1) is 0 Å². The molecule has 1 N–H and O–H groups in total. The van der Waals surface area contributed by atoms with E-state index < -0.39 is 17.8 Å². The van der Waals surface area contributed by atoms with Gasteiger partial charge in [0.25, 0.3) is 0 Å². The molecule has 4 aliphatic carbocycles. The molecule has 6 rings (SSSR count). The van der Waals surface area contributed by atoms with Crippen LogP contribution in [0.2, 0.25) is 0 Å². The van der Waals surface area contributed by atoms with Crippen molar-refractivity contribution in [2.45, 2.75) is 64.6 Å². The Labute approximate surface area is 204 Å². The van der Waals surface area contributed by atoms with Crippen LogP contribution in [-0.4, -0.2) is 53.9 Å². The average Bonchev–Trinajstić information content (AvgIpc) is 2.80. The Morgan fingerprint density at radius 2 is 1.57 bits per heavy atom.